The quantitative estimate of drug-likeness (QED) is 0.834. The van der Waals surface area contributed by atoms with Crippen LogP contribution < -0.4 is 9.64 Å². The number of carbonyl (C=O) groups is 2. The molecule has 4 heteroatoms. The third-order valence-corrected chi connectivity index (χ3v) is 3.04. The fourth-order valence-corrected chi connectivity index (χ4v) is 1.90. The molecule has 0 spiro atoms. The van der Waals surface area contributed by atoms with E-state index in [1.165, 1.54) is 0 Å². The number of carbonyl (C=O) groups excluding carboxylic acids is 2. The van der Waals surface area contributed by atoms with Gasteiger partial charge in [-0.05, 0) is 31.0 Å². The first-order chi connectivity index (χ1) is 9.08. The second kappa shape index (κ2) is 5.69. The van der Waals surface area contributed by atoms with Crippen molar-refractivity contribution in [3.63, 3.8) is 0 Å². The molecular formula is C15H17NO3. The molecule has 0 unspecified atom stereocenters. The minimum Gasteiger partial charge on any atom is -0.482 e. The molecule has 4 nitrogen and oxygen atoms in total. The van der Waals surface area contributed by atoms with Gasteiger partial charge >= 0.3 is 0 Å². The van der Waals surface area contributed by atoms with Gasteiger partial charge in [-0.1, -0.05) is 18.2 Å². The largest absolute Gasteiger partial charge is 0.482 e. The van der Waals surface area contributed by atoms with Crippen molar-refractivity contribution >= 4 is 23.5 Å². The molecule has 1 amide bonds. The summed E-state index contributed by atoms with van der Waals surface area (Å²) in [6, 6.07) is 5.71. The Morgan fingerprint density at radius 1 is 1.47 bits per heavy atom. The van der Waals surface area contributed by atoms with E-state index >= 15 is 0 Å². The first kappa shape index (κ1) is 13.3. The molecule has 0 fully saturated rings. The zero-order valence-electron chi connectivity index (χ0n) is 11.2. The van der Waals surface area contributed by atoms with Crippen molar-refractivity contribution in [2.45, 2.75) is 19.8 Å². The monoisotopic (exact) mass is 259 g/mol. The smallest absolute Gasteiger partial charge is 0.264 e. The molecular weight excluding hydrogens is 242 g/mol. The van der Waals surface area contributed by atoms with E-state index in [2.05, 4.69) is 0 Å². The van der Waals surface area contributed by atoms with Crippen LogP contribution in [0.15, 0.2) is 24.3 Å². The van der Waals surface area contributed by atoms with Gasteiger partial charge in [0.1, 0.15) is 11.5 Å². The number of fused-ring (bicyclic) bond motifs is 1. The highest BCUT2D eigenvalue weighted by Crippen LogP contribution is 2.32. The van der Waals surface area contributed by atoms with Crippen LogP contribution >= 0.6 is 0 Å². The Hall–Kier alpha value is -2.10. The Kier molecular flexibility index (Phi) is 4.00. The fourth-order valence-electron chi connectivity index (χ4n) is 1.90. The summed E-state index contributed by atoms with van der Waals surface area (Å²) in [5.41, 5.74) is 1.78. The van der Waals surface area contributed by atoms with Gasteiger partial charge in [0.25, 0.3) is 5.91 Å². The highest BCUT2D eigenvalue weighted by Gasteiger charge is 2.21. The highest BCUT2D eigenvalue weighted by atomic mass is 16.5. The van der Waals surface area contributed by atoms with Gasteiger partial charge in [-0.3, -0.25) is 4.79 Å². The van der Waals surface area contributed by atoms with Crippen LogP contribution in [0.1, 0.15) is 25.3 Å². The molecule has 0 aromatic heterocycles. The number of Topliss-reactive ketones (excluding diaryl/α,β-unsaturated/α-hetero) is 1. The van der Waals surface area contributed by atoms with Gasteiger partial charge in [0.15, 0.2) is 6.61 Å². The zero-order chi connectivity index (χ0) is 13.8. The highest BCUT2D eigenvalue weighted by molar-refractivity contribution is 5.97. The molecule has 0 bridgehead atoms. The zero-order valence-corrected chi connectivity index (χ0v) is 11.2. The van der Waals surface area contributed by atoms with Gasteiger partial charge < -0.3 is 14.4 Å². The SMILES string of the molecule is CC(=O)CC/C=C/c1ccc2c(c1)N(C)C(=O)CO2. The number of hydrogen-bond donors (Lipinski definition) is 0. The van der Waals surface area contributed by atoms with E-state index in [0.29, 0.717) is 6.42 Å². The molecule has 100 valence electrons. The lowest BCUT2D eigenvalue weighted by Gasteiger charge is -2.26. The van der Waals surface area contributed by atoms with E-state index in [-0.39, 0.29) is 18.3 Å². The average Bonchev–Trinajstić information content (AvgIpc) is 2.39. The summed E-state index contributed by atoms with van der Waals surface area (Å²) in [7, 11) is 1.74. The number of ketones is 1. The molecule has 1 aliphatic heterocycles. The van der Waals surface area contributed by atoms with E-state index < -0.39 is 0 Å². The van der Waals surface area contributed by atoms with E-state index in [1.54, 1.807) is 18.9 Å². The molecule has 0 N–H and O–H groups in total. The maximum Gasteiger partial charge on any atom is 0.264 e. The minimum atomic E-state index is -0.0507. The summed E-state index contributed by atoms with van der Waals surface area (Å²) in [5, 5.41) is 0. The summed E-state index contributed by atoms with van der Waals surface area (Å²) >= 11 is 0. The maximum absolute atomic E-state index is 11.5. The standard InChI is InChI=1S/C15H17NO3/c1-11(17)5-3-4-6-12-7-8-14-13(9-12)16(2)15(18)10-19-14/h4,6-9H,3,5,10H2,1-2H3/b6-4+. The van der Waals surface area contributed by atoms with Gasteiger partial charge in [0.2, 0.25) is 0 Å². The number of anilines is 1. The van der Waals surface area contributed by atoms with Crippen molar-refractivity contribution in [2.24, 2.45) is 0 Å². The van der Waals surface area contributed by atoms with Crippen molar-refractivity contribution in [3.05, 3.63) is 29.8 Å². The normalized spacial score (nSPS) is 14.4. The lowest BCUT2D eigenvalue weighted by atomic mass is 10.1. The Morgan fingerprint density at radius 2 is 2.26 bits per heavy atom. The van der Waals surface area contributed by atoms with Crippen molar-refractivity contribution in [1.82, 2.24) is 0 Å². The third kappa shape index (κ3) is 3.22. The lowest BCUT2D eigenvalue weighted by molar-refractivity contribution is -0.121. The Morgan fingerprint density at radius 3 is 3.00 bits per heavy atom. The second-order valence-corrected chi connectivity index (χ2v) is 4.61. The van der Waals surface area contributed by atoms with Crippen molar-refractivity contribution in [3.8, 4) is 5.75 Å². The topological polar surface area (TPSA) is 46.6 Å². The van der Waals surface area contributed by atoms with Gasteiger partial charge in [-0.2, -0.15) is 0 Å². The molecule has 1 heterocycles. The molecule has 0 saturated carbocycles. The van der Waals surface area contributed by atoms with E-state index in [9.17, 15) is 9.59 Å². The third-order valence-electron chi connectivity index (χ3n) is 3.04. The first-order valence-electron chi connectivity index (χ1n) is 6.27. The molecule has 1 aliphatic rings. The van der Waals surface area contributed by atoms with Gasteiger partial charge in [0.05, 0.1) is 5.69 Å². The first-order valence-corrected chi connectivity index (χ1v) is 6.27. The molecule has 0 radical (unpaired) electrons. The van der Waals surface area contributed by atoms with Crippen LogP contribution in [0.3, 0.4) is 0 Å². The summed E-state index contributed by atoms with van der Waals surface area (Å²) in [6.07, 6.45) is 5.21. The second-order valence-electron chi connectivity index (χ2n) is 4.61. The van der Waals surface area contributed by atoms with E-state index in [4.69, 9.17) is 4.74 Å². The number of nitrogens with zero attached hydrogens (tertiary/aromatic N) is 1. The number of rotatable bonds is 4. The van der Waals surface area contributed by atoms with Crippen LogP contribution in [0.5, 0.6) is 5.75 Å². The summed E-state index contributed by atoms with van der Waals surface area (Å²) in [6.45, 7) is 1.68. The van der Waals surface area contributed by atoms with Crippen molar-refractivity contribution < 1.29 is 14.3 Å². The Bertz CT molecular complexity index is 534. The van der Waals surface area contributed by atoms with Crippen LogP contribution in [0.4, 0.5) is 5.69 Å². The molecule has 0 saturated heterocycles. The lowest BCUT2D eigenvalue weighted by Crippen LogP contribution is -2.35. The van der Waals surface area contributed by atoms with Crippen LogP contribution in [0.25, 0.3) is 6.08 Å². The van der Waals surface area contributed by atoms with Gasteiger partial charge in [0, 0.05) is 13.5 Å². The average molecular weight is 259 g/mol. The predicted octanol–water partition coefficient (Wildman–Crippen LogP) is 2.42. The summed E-state index contributed by atoms with van der Waals surface area (Å²) in [4.78, 5) is 24.0. The summed E-state index contributed by atoms with van der Waals surface area (Å²) in [5.74, 6) is 0.863. The van der Waals surface area contributed by atoms with Crippen LogP contribution in [-0.4, -0.2) is 25.3 Å². The van der Waals surface area contributed by atoms with Crippen molar-refractivity contribution in [1.29, 1.82) is 0 Å². The number of allylic oxidation sites excluding steroid dienone is 1. The number of likely N-dealkylation sites (N-methyl/N-ethyl adjacent to an activating group) is 1. The molecule has 0 atom stereocenters. The number of hydrogen-bond acceptors (Lipinski definition) is 3. The molecule has 1 aromatic rings. The van der Waals surface area contributed by atoms with Gasteiger partial charge in [-0.25, -0.2) is 0 Å². The van der Waals surface area contributed by atoms with Crippen LogP contribution in [0.2, 0.25) is 0 Å². The maximum atomic E-state index is 11.5. The minimum absolute atomic E-state index is 0.0507. The van der Waals surface area contributed by atoms with Gasteiger partial charge in [-0.15, -0.1) is 0 Å². The molecule has 19 heavy (non-hydrogen) atoms. The number of ether oxygens (including phenoxy) is 1. The summed E-state index contributed by atoms with van der Waals surface area (Å²) < 4.78 is 5.36. The Labute approximate surface area is 112 Å². The van der Waals surface area contributed by atoms with E-state index in [0.717, 1.165) is 23.4 Å². The van der Waals surface area contributed by atoms with Crippen LogP contribution in [-0.2, 0) is 9.59 Å². The molecule has 0 aliphatic carbocycles. The molecule has 2 rings (SSSR count). The number of amides is 1. The predicted molar refractivity (Wildman–Crippen MR) is 74.3 cm³/mol. The van der Waals surface area contributed by atoms with Crippen LogP contribution in [0, 0.1) is 0 Å². The van der Waals surface area contributed by atoms with Crippen molar-refractivity contribution in [2.75, 3.05) is 18.6 Å². The van der Waals surface area contributed by atoms with E-state index in [1.807, 2.05) is 30.4 Å². The molecule has 1 aromatic carbocycles. The number of benzene rings is 1. The fraction of sp³-hybridized carbons (Fsp3) is 0.333. The Balaban J connectivity index is 2.12.